The summed E-state index contributed by atoms with van der Waals surface area (Å²) in [6, 6.07) is 6.72. The van der Waals surface area contributed by atoms with E-state index < -0.39 is 0 Å². The molecule has 1 saturated carbocycles. The van der Waals surface area contributed by atoms with E-state index in [2.05, 4.69) is 46.0 Å². The number of aryl methyl sites for hydroxylation is 1. The van der Waals surface area contributed by atoms with Gasteiger partial charge in [0.25, 0.3) is 0 Å². The summed E-state index contributed by atoms with van der Waals surface area (Å²) in [6.45, 7) is 12.4. The normalized spacial score (nSPS) is 21.5. The Morgan fingerprint density at radius 2 is 1.76 bits per heavy atom. The molecule has 0 atom stereocenters. The summed E-state index contributed by atoms with van der Waals surface area (Å²) in [5.74, 6) is 0. The van der Waals surface area contributed by atoms with Gasteiger partial charge in [0.05, 0.1) is 0 Å². The number of benzene rings is 1. The third-order valence-corrected chi connectivity index (χ3v) is 5.06. The Kier molecular flexibility index (Phi) is 3.04. The van der Waals surface area contributed by atoms with Crippen LogP contribution in [0.1, 0.15) is 38.8 Å². The molecule has 1 aliphatic carbocycles. The molecule has 1 aliphatic rings. The molecule has 0 spiro atoms. The van der Waals surface area contributed by atoms with E-state index in [4.69, 9.17) is 11.6 Å². The fourth-order valence-corrected chi connectivity index (χ4v) is 3.00. The van der Waals surface area contributed by atoms with Gasteiger partial charge < -0.3 is 5.32 Å². The molecule has 1 nitrogen and oxygen atoms in total. The van der Waals surface area contributed by atoms with Gasteiger partial charge in [-0.2, -0.15) is 0 Å². The molecule has 1 aromatic rings. The summed E-state index contributed by atoms with van der Waals surface area (Å²) in [5, 5.41) is 4.49. The minimum absolute atomic E-state index is 0.396. The maximum Gasteiger partial charge on any atom is 0.0408 e. The lowest BCUT2D eigenvalue weighted by molar-refractivity contribution is 0.457. The van der Waals surface area contributed by atoms with Crippen LogP contribution in [0.3, 0.4) is 0 Å². The molecular weight excluding hydrogens is 230 g/mol. The van der Waals surface area contributed by atoms with Crippen LogP contribution in [-0.2, 0) is 6.54 Å². The molecule has 1 fully saturated rings. The Hall–Kier alpha value is -0.530. The van der Waals surface area contributed by atoms with Gasteiger partial charge in [-0.1, -0.05) is 45.4 Å². The average molecular weight is 252 g/mol. The third-order valence-electron chi connectivity index (χ3n) is 4.82. The van der Waals surface area contributed by atoms with Crippen molar-refractivity contribution in [1.82, 2.24) is 5.32 Å². The highest BCUT2D eigenvalue weighted by Crippen LogP contribution is 2.62. The molecule has 0 bridgehead atoms. The van der Waals surface area contributed by atoms with Gasteiger partial charge in [0.1, 0.15) is 0 Å². The first-order chi connectivity index (χ1) is 7.76. The van der Waals surface area contributed by atoms with Crippen LogP contribution in [0, 0.1) is 17.8 Å². The van der Waals surface area contributed by atoms with Crippen LogP contribution in [0.5, 0.6) is 0 Å². The molecule has 0 saturated heterocycles. The van der Waals surface area contributed by atoms with Crippen LogP contribution in [0.2, 0.25) is 5.02 Å². The Balaban J connectivity index is 2.00. The first-order valence-corrected chi connectivity index (χ1v) is 6.63. The van der Waals surface area contributed by atoms with Crippen molar-refractivity contribution in [3.8, 4) is 0 Å². The van der Waals surface area contributed by atoms with Crippen LogP contribution in [0.15, 0.2) is 18.2 Å². The predicted octanol–water partition coefficient (Wildman–Crippen LogP) is 4.17. The van der Waals surface area contributed by atoms with Gasteiger partial charge in [0, 0.05) is 17.6 Å². The number of rotatable bonds is 3. The Morgan fingerprint density at radius 3 is 2.24 bits per heavy atom. The average Bonchev–Trinajstić information content (AvgIpc) is 2.58. The fourth-order valence-electron chi connectivity index (χ4n) is 2.78. The first-order valence-electron chi connectivity index (χ1n) is 6.25. The summed E-state index contributed by atoms with van der Waals surface area (Å²) in [5.41, 5.74) is 3.40. The molecule has 2 rings (SSSR count). The van der Waals surface area contributed by atoms with Crippen LogP contribution < -0.4 is 5.32 Å². The van der Waals surface area contributed by atoms with Gasteiger partial charge in [0.2, 0.25) is 0 Å². The zero-order valence-corrected chi connectivity index (χ0v) is 12.2. The third kappa shape index (κ3) is 2.11. The van der Waals surface area contributed by atoms with Gasteiger partial charge >= 0.3 is 0 Å². The molecule has 0 aliphatic heterocycles. The second-order valence-electron chi connectivity index (χ2n) is 6.33. The van der Waals surface area contributed by atoms with Gasteiger partial charge in [0.15, 0.2) is 0 Å². The largest absolute Gasteiger partial charge is 0.309 e. The van der Waals surface area contributed by atoms with Crippen molar-refractivity contribution >= 4 is 11.6 Å². The maximum absolute atomic E-state index is 5.96. The maximum atomic E-state index is 5.96. The molecule has 0 heterocycles. The number of halogens is 1. The summed E-state index contributed by atoms with van der Waals surface area (Å²) >= 11 is 5.96. The minimum Gasteiger partial charge on any atom is -0.309 e. The van der Waals surface area contributed by atoms with Crippen LogP contribution >= 0.6 is 11.6 Å². The first kappa shape index (κ1) is 12.9. The van der Waals surface area contributed by atoms with Gasteiger partial charge in [-0.15, -0.1) is 0 Å². The number of nitrogens with one attached hydrogen (secondary N) is 1. The molecule has 94 valence electrons. The summed E-state index contributed by atoms with van der Waals surface area (Å²) in [7, 11) is 0. The van der Waals surface area contributed by atoms with E-state index in [1.807, 2.05) is 12.1 Å². The summed E-state index contributed by atoms with van der Waals surface area (Å²) < 4.78 is 0. The predicted molar refractivity (Wildman–Crippen MR) is 74.4 cm³/mol. The molecule has 0 radical (unpaired) electrons. The van der Waals surface area contributed by atoms with Gasteiger partial charge in [-0.25, -0.2) is 0 Å². The van der Waals surface area contributed by atoms with E-state index in [1.165, 1.54) is 11.1 Å². The van der Waals surface area contributed by atoms with E-state index in [0.717, 1.165) is 11.6 Å². The monoisotopic (exact) mass is 251 g/mol. The second-order valence-corrected chi connectivity index (χ2v) is 6.76. The standard InChI is InChI=1S/C15H22ClN/c1-10-8-12(16)7-6-11(10)9-17-13-14(2,3)15(13,4)5/h6-8,13,17H,9H2,1-5H3. The molecule has 0 unspecified atom stereocenters. The van der Waals surface area contributed by atoms with Crippen molar-refractivity contribution in [3.05, 3.63) is 34.3 Å². The fraction of sp³-hybridized carbons (Fsp3) is 0.600. The van der Waals surface area contributed by atoms with Gasteiger partial charge in [-0.05, 0) is 41.0 Å². The highest BCUT2D eigenvalue weighted by molar-refractivity contribution is 6.30. The Labute approximate surface area is 110 Å². The lowest BCUT2D eigenvalue weighted by Crippen LogP contribution is -2.22. The van der Waals surface area contributed by atoms with Crippen molar-refractivity contribution < 1.29 is 0 Å². The zero-order valence-electron chi connectivity index (χ0n) is 11.4. The molecule has 2 heteroatoms. The quantitative estimate of drug-likeness (QED) is 0.850. The topological polar surface area (TPSA) is 12.0 Å². The van der Waals surface area contributed by atoms with E-state index >= 15 is 0 Å². The SMILES string of the molecule is Cc1cc(Cl)ccc1CNC1C(C)(C)C1(C)C. The summed E-state index contributed by atoms with van der Waals surface area (Å²) in [6.07, 6.45) is 0. The van der Waals surface area contributed by atoms with E-state index in [9.17, 15) is 0 Å². The summed E-state index contributed by atoms with van der Waals surface area (Å²) in [4.78, 5) is 0. The molecule has 1 N–H and O–H groups in total. The highest BCUT2D eigenvalue weighted by atomic mass is 35.5. The number of hydrogen-bond acceptors (Lipinski definition) is 1. The lowest BCUT2D eigenvalue weighted by atomic mass is 10.0. The van der Waals surface area contributed by atoms with E-state index in [0.29, 0.717) is 16.9 Å². The van der Waals surface area contributed by atoms with Crippen molar-refractivity contribution in [2.75, 3.05) is 0 Å². The van der Waals surface area contributed by atoms with Crippen molar-refractivity contribution in [3.63, 3.8) is 0 Å². The lowest BCUT2D eigenvalue weighted by Gasteiger charge is -2.09. The van der Waals surface area contributed by atoms with Crippen LogP contribution in [-0.4, -0.2) is 6.04 Å². The van der Waals surface area contributed by atoms with Crippen molar-refractivity contribution in [1.29, 1.82) is 0 Å². The van der Waals surface area contributed by atoms with Crippen molar-refractivity contribution in [2.45, 2.75) is 47.2 Å². The van der Waals surface area contributed by atoms with Gasteiger partial charge in [-0.3, -0.25) is 0 Å². The Morgan fingerprint density at radius 1 is 1.18 bits per heavy atom. The molecule has 1 aromatic carbocycles. The zero-order chi connectivity index (χ0) is 12.8. The van der Waals surface area contributed by atoms with Crippen LogP contribution in [0.25, 0.3) is 0 Å². The highest BCUT2D eigenvalue weighted by Gasteiger charge is 2.64. The van der Waals surface area contributed by atoms with Crippen molar-refractivity contribution in [2.24, 2.45) is 10.8 Å². The molecule has 0 amide bonds. The molecular formula is C15H22ClN. The van der Waals surface area contributed by atoms with Crippen LogP contribution in [0.4, 0.5) is 0 Å². The van der Waals surface area contributed by atoms with E-state index in [1.54, 1.807) is 0 Å². The number of hydrogen-bond donors (Lipinski definition) is 1. The minimum atomic E-state index is 0.396. The Bertz CT molecular complexity index is 421. The molecule has 0 aromatic heterocycles. The molecule has 17 heavy (non-hydrogen) atoms. The second kappa shape index (κ2) is 4.00. The smallest absolute Gasteiger partial charge is 0.0408 e. The van der Waals surface area contributed by atoms with E-state index in [-0.39, 0.29) is 0 Å².